The van der Waals surface area contributed by atoms with Gasteiger partial charge in [-0.25, -0.2) is 4.79 Å². The van der Waals surface area contributed by atoms with Crippen LogP contribution in [0.25, 0.3) is 0 Å². The summed E-state index contributed by atoms with van der Waals surface area (Å²) < 4.78 is 5.56. The van der Waals surface area contributed by atoms with E-state index in [9.17, 15) is 19.5 Å². The zero-order valence-corrected chi connectivity index (χ0v) is 15.0. The molecule has 2 amide bonds. The fourth-order valence-corrected chi connectivity index (χ4v) is 2.47. The van der Waals surface area contributed by atoms with Crippen LogP contribution < -0.4 is 15.4 Å². The van der Waals surface area contributed by atoms with Crippen molar-refractivity contribution in [2.75, 3.05) is 6.61 Å². The molecule has 0 aromatic heterocycles. The summed E-state index contributed by atoms with van der Waals surface area (Å²) in [5, 5.41) is 14.4. The molecule has 0 radical (unpaired) electrons. The van der Waals surface area contributed by atoms with Crippen molar-refractivity contribution in [3.63, 3.8) is 0 Å². The first-order valence-corrected chi connectivity index (χ1v) is 8.27. The van der Waals surface area contributed by atoms with Gasteiger partial charge in [-0.2, -0.15) is 0 Å². The number of para-hydroxylation sites is 1. The third-order valence-corrected chi connectivity index (χ3v) is 3.61. The molecule has 7 heteroatoms. The van der Waals surface area contributed by atoms with Crippen LogP contribution >= 0.6 is 0 Å². The maximum Gasteiger partial charge on any atom is 0.326 e. The number of carbonyl (C=O) groups is 3. The molecule has 0 saturated heterocycles. The van der Waals surface area contributed by atoms with Crippen LogP contribution in [-0.2, 0) is 14.4 Å². The first-order chi connectivity index (χ1) is 11.8. The zero-order valence-electron chi connectivity index (χ0n) is 15.0. The average Bonchev–Trinajstić information content (AvgIpc) is 2.52. The first kappa shape index (κ1) is 20.5. The predicted octanol–water partition coefficient (Wildman–Crippen LogP) is 1.88. The number of nitrogens with one attached hydrogen (secondary N) is 2. The van der Waals surface area contributed by atoms with Crippen LogP contribution in [0.5, 0.6) is 5.75 Å². The topological polar surface area (TPSA) is 105 Å². The maximum atomic E-state index is 12.3. The first-order valence-electron chi connectivity index (χ1n) is 8.27. The number of carboxylic acids is 1. The Morgan fingerprint density at radius 1 is 1.16 bits per heavy atom. The molecule has 0 aliphatic rings. The number of rotatable bonds is 9. The van der Waals surface area contributed by atoms with Crippen molar-refractivity contribution >= 4 is 17.8 Å². The fraction of sp³-hybridized carbons (Fsp3) is 0.500. The minimum Gasteiger partial charge on any atom is -0.494 e. The molecule has 2 atom stereocenters. The molecular formula is C18H26N2O5. The van der Waals surface area contributed by atoms with E-state index < -0.39 is 24.0 Å². The van der Waals surface area contributed by atoms with E-state index in [2.05, 4.69) is 10.6 Å². The lowest BCUT2D eigenvalue weighted by Gasteiger charge is -2.23. The molecule has 7 nitrogen and oxygen atoms in total. The van der Waals surface area contributed by atoms with Gasteiger partial charge in [-0.3, -0.25) is 9.59 Å². The summed E-state index contributed by atoms with van der Waals surface area (Å²) in [5.74, 6) is -1.50. The second-order valence-electron chi connectivity index (χ2n) is 6.06. The van der Waals surface area contributed by atoms with Crippen molar-refractivity contribution in [2.45, 2.75) is 46.2 Å². The van der Waals surface area contributed by atoms with Gasteiger partial charge in [-0.15, -0.1) is 0 Å². The van der Waals surface area contributed by atoms with E-state index in [1.165, 1.54) is 6.92 Å². The van der Waals surface area contributed by atoms with Crippen LogP contribution in [0.2, 0.25) is 0 Å². The SMILES string of the molecule is CCOc1ccccc1C(CC(=O)N[C@H](C(=O)O)C(C)C)NC(C)=O. The molecule has 0 saturated carbocycles. The highest BCUT2D eigenvalue weighted by molar-refractivity contribution is 5.84. The van der Waals surface area contributed by atoms with Crippen molar-refractivity contribution in [2.24, 2.45) is 5.92 Å². The van der Waals surface area contributed by atoms with Crippen LogP contribution in [0.1, 0.15) is 45.7 Å². The number of amides is 2. The largest absolute Gasteiger partial charge is 0.494 e. The van der Waals surface area contributed by atoms with Gasteiger partial charge >= 0.3 is 5.97 Å². The Bertz CT molecular complexity index is 615. The van der Waals surface area contributed by atoms with Crippen molar-refractivity contribution < 1.29 is 24.2 Å². The van der Waals surface area contributed by atoms with Gasteiger partial charge in [0.25, 0.3) is 0 Å². The number of aliphatic carboxylic acids is 1. The van der Waals surface area contributed by atoms with Gasteiger partial charge in [-0.05, 0) is 18.9 Å². The van der Waals surface area contributed by atoms with Gasteiger partial charge in [0, 0.05) is 12.5 Å². The van der Waals surface area contributed by atoms with Gasteiger partial charge in [0.2, 0.25) is 11.8 Å². The number of hydrogen-bond acceptors (Lipinski definition) is 4. The monoisotopic (exact) mass is 350 g/mol. The number of benzene rings is 1. The molecule has 0 aliphatic carbocycles. The smallest absolute Gasteiger partial charge is 0.326 e. The Morgan fingerprint density at radius 2 is 1.80 bits per heavy atom. The summed E-state index contributed by atoms with van der Waals surface area (Å²) in [6, 6.07) is 5.54. The van der Waals surface area contributed by atoms with Gasteiger partial charge in [0.15, 0.2) is 0 Å². The van der Waals surface area contributed by atoms with Crippen molar-refractivity contribution in [1.82, 2.24) is 10.6 Å². The highest BCUT2D eigenvalue weighted by Crippen LogP contribution is 2.27. The molecule has 138 valence electrons. The van der Waals surface area contributed by atoms with Gasteiger partial charge in [0.05, 0.1) is 19.1 Å². The lowest BCUT2D eigenvalue weighted by molar-refractivity contribution is -0.143. The molecule has 0 bridgehead atoms. The summed E-state index contributed by atoms with van der Waals surface area (Å²) in [6.45, 7) is 7.09. The minimum atomic E-state index is -1.09. The standard InChI is InChI=1S/C18H26N2O5/c1-5-25-15-9-7-6-8-13(15)14(19-12(4)21)10-16(22)20-17(11(2)3)18(23)24/h6-9,11,14,17H,5,10H2,1-4H3,(H,19,21)(H,20,22)(H,23,24)/t14?,17-/m0/s1. The Morgan fingerprint density at radius 3 is 2.32 bits per heavy atom. The summed E-state index contributed by atoms with van der Waals surface area (Å²) in [5.41, 5.74) is 0.672. The molecule has 1 unspecified atom stereocenters. The Kier molecular flexibility index (Phi) is 7.91. The van der Waals surface area contributed by atoms with E-state index in [0.29, 0.717) is 17.9 Å². The second kappa shape index (κ2) is 9.66. The molecule has 0 heterocycles. The van der Waals surface area contributed by atoms with E-state index >= 15 is 0 Å². The van der Waals surface area contributed by atoms with Gasteiger partial charge < -0.3 is 20.5 Å². The number of carbonyl (C=O) groups excluding carboxylic acids is 2. The van der Waals surface area contributed by atoms with Crippen LogP contribution in [-0.4, -0.2) is 35.5 Å². The third kappa shape index (κ3) is 6.45. The second-order valence-corrected chi connectivity index (χ2v) is 6.06. The van der Waals surface area contributed by atoms with Gasteiger partial charge in [-0.1, -0.05) is 32.0 Å². The lowest BCUT2D eigenvalue weighted by Crippen LogP contribution is -2.45. The van der Waals surface area contributed by atoms with E-state index in [1.807, 2.05) is 6.92 Å². The van der Waals surface area contributed by atoms with E-state index in [0.717, 1.165) is 0 Å². The van der Waals surface area contributed by atoms with Crippen molar-refractivity contribution in [3.8, 4) is 5.75 Å². The summed E-state index contributed by atoms with van der Waals surface area (Å²) in [7, 11) is 0. The van der Waals surface area contributed by atoms with Crippen LogP contribution in [0.4, 0.5) is 0 Å². The molecule has 3 N–H and O–H groups in total. The third-order valence-electron chi connectivity index (χ3n) is 3.61. The molecule has 25 heavy (non-hydrogen) atoms. The molecular weight excluding hydrogens is 324 g/mol. The summed E-state index contributed by atoms with van der Waals surface area (Å²) in [6.07, 6.45) is -0.0832. The highest BCUT2D eigenvalue weighted by Gasteiger charge is 2.26. The normalized spacial score (nSPS) is 13.0. The summed E-state index contributed by atoms with van der Waals surface area (Å²) >= 11 is 0. The Labute approximate surface area is 147 Å². The van der Waals surface area contributed by atoms with E-state index in [1.54, 1.807) is 38.1 Å². The highest BCUT2D eigenvalue weighted by atomic mass is 16.5. The maximum absolute atomic E-state index is 12.3. The fourth-order valence-electron chi connectivity index (χ4n) is 2.47. The molecule has 1 aromatic carbocycles. The summed E-state index contributed by atoms with van der Waals surface area (Å²) in [4.78, 5) is 35.1. The minimum absolute atomic E-state index is 0.0832. The molecule has 0 fully saturated rings. The number of hydrogen-bond donors (Lipinski definition) is 3. The average molecular weight is 350 g/mol. The molecule has 0 spiro atoms. The predicted molar refractivity (Wildman–Crippen MR) is 93.2 cm³/mol. The molecule has 1 aromatic rings. The molecule has 1 rings (SSSR count). The van der Waals surface area contributed by atoms with Gasteiger partial charge in [0.1, 0.15) is 11.8 Å². The van der Waals surface area contributed by atoms with Crippen LogP contribution in [0, 0.1) is 5.92 Å². The quantitative estimate of drug-likeness (QED) is 0.631. The Balaban J connectivity index is 2.99. The van der Waals surface area contributed by atoms with Crippen LogP contribution in [0.15, 0.2) is 24.3 Å². The lowest BCUT2D eigenvalue weighted by atomic mass is 10.0. The van der Waals surface area contributed by atoms with Crippen molar-refractivity contribution in [3.05, 3.63) is 29.8 Å². The number of ether oxygens (including phenoxy) is 1. The van der Waals surface area contributed by atoms with E-state index in [4.69, 9.17) is 4.74 Å². The van der Waals surface area contributed by atoms with Crippen molar-refractivity contribution in [1.29, 1.82) is 0 Å². The zero-order chi connectivity index (χ0) is 19.0. The number of carboxylic acid groups (broad SMARTS) is 1. The Hall–Kier alpha value is -2.57. The van der Waals surface area contributed by atoms with E-state index in [-0.39, 0.29) is 18.2 Å². The van der Waals surface area contributed by atoms with Crippen LogP contribution in [0.3, 0.4) is 0 Å². The molecule has 0 aliphatic heterocycles.